The van der Waals surface area contributed by atoms with Gasteiger partial charge in [0.2, 0.25) is 0 Å². The molecule has 0 radical (unpaired) electrons. The van der Waals surface area contributed by atoms with Crippen LogP contribution in [0.4, 0.5) is 0 Å². The SMILES string of the molecule is Brc1csc(CN2CCCC3CCCCC32)c1. The van der Waals surface area contributed by atoms with Gasteiger partial charge in [0.15, 0.2) is 0 Å². The third kappa shape index (κ3) is 2.77. The Bertz CT molecular complexity index is 374. The Labute approximate surface area is 116 Å². The summed E-state index contributed by atoms with van der Waals surface area (Å²) in [6, 6.07) is 3.18. The van der Waals surface area contributed by atoms with Crippen molar-refractivity contribution in [1.29, 1.82) is 0 Å². The molecule has 2 atom stereocenters. The highest BCUT2D eigenvalue weighted by Crippen LogP contribution is 2.36. The molecule has 1 saturated heterocycles. The Morgan fingerprint density at radius 1 is 1.24 bits per heavy atom. The van der Waals surface area contributed by atoms with Gasteiger partial charge in [-0.15, -0.1) is 11.3 Å². The normalized spacial score (nSPS) is 30.2. The lowest BCUT2D eigenvalue weighted by Gasteiger charge is -2.44. The molecule has 2 heterocycles. The third-order valence-corrected chi connectivity index (χ3v) is 6.02. The number of rotatable bonds is 2. The number of likely N-dealkylation sites (tertiary alicyclic amines) is 1. The molecule has 1 aliphatic heterocycles. The van der Waals surface area contributed by atoms with E-state index in [0.29, 0.717) is 0 Å². The minimum atomic E-state index is 0.887. The van der Waals surface area contributed by atoms with E-state index < -0.39 is 0 Å². The lowest BCUT2D eigenvalue weighted by molar-refractivity contribution is 0.0555. The Morgan fingerprint density at radius 3 is 2.88 bits per heavy atom. The van der Waals surface area contributed by atoms with Crippen LogP contribution < -0.4 is 0 Å². The van der Waals surface area contributed by atoms with Gasteiger partial charge < -0.3 is 0 Å². The Balaban J connectivity index is 1.68. The van der Waals surface area contributed by atoms with Crippen LogP contribution in [-0.2, 0) is 6.54 Å². The van der Waals surface area contributed by atoms with E-state index in [1.54, 1.807) is 0 Å². The maximum atomic E-state index is 3.56. The largest absolute Gasteiger partial charge is 0.295 e. The van der Waals surface area contributed by atoms with Gasteiger partial charge in [0, 0.05) is 27.3 Å². The molecule has 3 heteroatoms. The zero-order valence-corrected chi connectivity index (χ0v) is 12.6. The van der Waals surface area contributed by atoms with Gasteiger partial charge in [-0.25, -0.2) is 0 Å². The summed E-state index contributed by atoms with van der Waals surface area (Å²) < 4.78 is 1.25. The van der Waals surface area contributed by atoms with E-state index in [1.165, 1.54) is 61.0 Å². The van der Waals surface area contributed by atoms with Gasteiger partial charge in [0.1, 0.15) is 0 Å². The fourth-order valence-corrected chi connectivity index (χ4v) is 5.04. The van der Waals surface area contributed by atoms with Crippen LogP contribution in [0.15, 0.2) is 15.9 Å². The van der Waals surface area contributed by atoms with Gasteiger partial charge >= 0.3 is 0 Å². The van der Waals surface area contributed by atoms with Crippen molar-refractivity contribution in [3.05, 3.63) is 20.8 Å². The van der Waals surface area contributed by atoms with Crippen LogP contribution in [0, 0.1) is 5.92 Å². The Morgan fingerprint density at radius 2 is 2.06 bits per heavy atom. The molecule has 3 rings (SSSR count). The lowest BCUT2D eigenvalue weighted by Crippen LogP contribution is -2.46. The minimum absolute atomic E-state index is 0.887. The first-order valence-electron chi connectivity index (χ1n) is 6.80. The average molecular weight is 314 g/mol. The molecule has 0 N–H and O–H groups in total. The summed E-state index contributed by atoms with van der Waals surface area (Å²) in [6.45, 7) is 2.49. The van der Waals surface area contributed by atoms with E-state index in [0.717, 1.165) is 12.0 Å². The van der Waals surface area contributed by atoms with E-state index in [1.807, 2.05) is 11.3 Å². The van der Waals surface area contributed by atoms with Crippen molar-refractivity contribution in [3.63, 3.8) is 0 Å². The van der Waals surface area contributed by atoms with Gasteiger partial charge in [0.05, 0.1) is 0 Å². The molecule has 0 amide bonds. The topological polar surface area (TPSA) is 3.24 Å². The van der Waals surface area contributed by atoms with Crippen molar-refractivity contribution in [2.45, 2.75) is 51.1 Å². The van der Waals surface area contributed by atoms with Crippen molar-refractivity contribution in [3.8, 4) is 0 Å². The maximum absolute atomic E-state index is 3.56. The van der Waals surface area contributed by atoms with Gasteiger partial charge in [-0.2, -0.15) is 0 Å². The molecule has 2 aliphatic rings. The van der Waals surface area contributed by atoms with E-state index in [2.05, 4.69) is 32.3 Å². The molecule has 2 fully saturated rings. The first-order valence-corrected chi connectivity index (χ1v) is 8.47. The van der Waals surface area contributed by atoms with Crippen LogP contribution >= 0.6 is 27.3 Å². The van der Waals surface area contributed by atoms with Crippen molar-refractivity contribution in [2.24, 2.45) is 5.92 Å². The number of thiophene rings is 1. The standard InChI is InChI=1S/C14H20BrNS/c15-12-8-13(17-10-12)9-16-7-3-5-11-4-1-2-6-14(11)16/h8,10-11,14H,1-7,9H2. The number of halogens is 1. The van der Waals surface area contributed by atoms with Crippen molar-refractivity contribution >= 4 is 27.3 Å². The van der Waals surface area contributed by atoms with Crippen LogP contribution in [0.1, 0.15) is 43.4 Å². The van der Waals surface area contributed by atoms with Crippen LogP contribution in [-0.4, -0.2) is 17.5 Å². The molecule has 0 aromatic carbocycles. The molecule has 1 aliphatic carbocycles. The predicted octanol–water partition coefficient (Wildman–Crippen LogP) is 4.67. The first kappa shape index (κ1) is 12.2. The molecular formula is C14H20BrNS. The molecule has 94 valence electrons. The summed E-state index contributed by atoms with van der Waals surface area (Å²) in [7, 11) is 0. The summed E-state index contributed by atoms with van der Waals surface area (Å²) in [5.41, 5.74) is 0. The quantitative estimate of drug-likeness (QED) is 0.767. The monoisotopic (exact) mass is 313 g/mol. The molecule has 0 bridgehead atoms. The van der Waals surface area contributed by atoms with Gasteiger partial charge in [0.25, 0.3) is 0 Å². The molecule has 1 saturated carbocycles. The summed E-state index contributed by atoms with van der Waals surface area (Å²) >= 11 is 5.45. The number of piperidine rings is 1. The van der Waals surface area contributed by atoms with Crippen molar-refractivity contribution in [2.75, 3.05) is 6.54 Å². The summed E-state index contributed by atoms with van der Waals surface area (Å²) in [5.74, 6) is 1.00. The summed E-state index contributed by atoms with van der Waals surface area (Å²) in [4.78, 5) is 4.27. The Hall–Kier alpha value is 0.140. The van der Waals surface area contributed by atoms with Gasteiger partial charge in [-0.1, -0.05) is 12.8 Å². The Kier molecular flexibility index (Phi) is 3.88. The third-order valence-electron chi connectivity index (χ3n) is 4.34. The molecule has 1 aromatic rings. The molecule has 1 nitrogen and oxygen atoms in total. The molecule has 2 unspecified atom stereocenters. The van der Waals surface area contributed by atoms with Gasteiger partial charge in [-0.3, -0.25) is 4.90 Å². The number of hydrogen-bond acceptors (Lipinski definition) is 2. The fraction of sp³-hybridized carbons (Fsp3) is 0.714. The summed E-state index contributed by atoms with van der Waals surface area (Å²) in [6.07, 6.45) is 8.74. The van der Waals surface area contributed by atoms with E-state index in [4.69, 9.17) is 0 Å². The summed E-state index contributed by atoms with van der Waals surface area (Å²) in [5, 5.41) is 2.21. The van der Waals surface area contributed by atoms with E-state index in [9.17, 15) is 0 Å². The van der Waals surface area contributed by atoms with Gasteiger partial charge in [-0.05, 0) is 60.1 Å². The number of nitrogens with zero attached hydrogens (tertiary/aromatic N) is 1. The predicted molar refractivity (Wildman–Crippen MR) is 77.4 cm³/mol. The zero-order chi connectivity index (χ0) is 11.7. The maximum Gasteiger partial charge on any atom is 0.0331 e. The number of hydrogen-bond donors (Lipinski definition) is 0. The van der Waals surface area contributed by atoms with Crippen LogP contribution in [0.25, 0.3) is 0 Å². The highest BCUT2D eigenvalue weighted by Gasteiger charge is 2.32. The molecule has 17 heavy (non-hydrogen) atoms. The second kappa shape index (κ2) is 5.41. The highest BCUT2D eigenvalue weighted by atomic mass is 79.9. The highest BCUT2D eigenvalue weighted by molar-refractivity contribution is 9.10. The van der Waals surface area contributed by atoms with E-state index >= 15 is 0 Å². The zero-order valence-electron chi connectivity index (χ0n) is 10.2. The molecule has 0 spiro atoms. The van der Waals surface area contributed by atoms with Crippen LogP contribution in [0.5, 0.6) is 0 Å². The van der Waals surface area contributed by atoms with Crippen LogP contribution in [0.2, 0.25) is 0 Å². The average Bonchev–Trinajstić information content (AvgIpc) is 2.75. The van der Waals surface area contributed by atoms with Crippen LogP contribution in [0.3, 0.4) is 0 Å². The lowest BCUT2D eigenvalue weighted by atomic mass is 9.78. The van der Waals surface area contributed by atoms with Crippen molar-refractivity contribution in [1.82, 2.24) is 4.90 Å². The second-order valence-electron chi connectivity index (χ2n) is 5.46. The minimum Gasteiger partial charge on any atom is -0.295 e. The number of fused-ring (bicyclic) bond motifs is 1. The van der Waals surface area contributed by atoms with Crippen molar-refractivity contribution < 1.29 is 0 Å². The first-order chi connectivity index (χ1) is 8.33. The molecular weight excluding hydrogens is 294 g/mol. The molecule has 1 aromatic heterocycles. The second-order valence-corrected chi connectivity index (χ2v) is 7.37. The van der Waals surface area contributed by atoms with E-state index in [-0.39, 0.29) is 0 Å². The fourth-order valence-electron chi connectivity index (χ4n) is 3.56. The smallest absolute Gasteiger partial charge is 0.0331 e.